The lowest BCUT2D eigenvalue weighted by atomic mass is 10.0. The van der Waals surface area contributed by atoms with Gasteiger partial charge in [-0.05, 0) is 31.0 Å². The van der Waals surface area contributed by atoms with E-state index in [1.165, 1.54) is 11.1 Å². The SMILES string of the molecule is Cc1ccc(C)c(CC(=O)N(C)CCn2cccn2)c1. The molecule has 1 heterocycles. The number of aryl methyl sites for hydroxylation is 2. The van der Waals surface area contributed by atoms with Gasteiger partial charge in [0.05, 0.1) is 13.0 Å². The number of carbonyl (C=O) groups is 1. The maximum Gasteiger partial charge on any atom is 0.226 e. The van der Waals surface area contributed by atoms with Gasteiger partial charge in [-0.25, -0.2) is 0 Å². The van der Waals surface area contributed by atoms with E-state index in [0.717, 1.165) is 12.1 Å². The molecular weight excluding hydrogens is 250 g/mol. The number of hydrogen-bond acceptors (Lipinski definition) is 2. The topological polar surface area (TPSA) is 38.1 Å². The van der Waals surface area contributed by atoms with Crippen LogP contribution in [0.15, 0.2) is 36.7 Å². The fraction of sp³-hybridized carbons (Fsp3) is 0.375. The fourth-order valence-corrected chi connectivity index (χ4v) is 2.10. The molecule has 0 atom stereocenters. The molecule has 0 aliphatic rings. The molecule has 4 heteroatoms. The quantitative estimate of drug-likeness (QED) is 0.836. The van der Waals surface area contributed by atoms with Crippen molar-refractivity contribution in [2.75, 3.05) is 13.6 Å². The third-order valence-electron chi connectivity index (χ3n) is 3.50. The van der Waals surface area contributed by atoms with Crippen molar-refractivity contribution in [3.63, 3.8) is 0 Å². The lowest BCUT2D eigenvalue weighted by molar-refractivity contribution is -0.129. The van der Waals surface area contributed by atoms with Crippen molar-refractivity contribution in [2.24, 2.45) is 0 Å². The third kappa shape index (κ3) is 3.70. The van der Waals surface area contributed by atoms with E-state index < -0.39 is 0 Å². The van der Waals surface area contributed by atoms with Crippen LogP contribution in [0.4, 0.5) is 0 Å². The van der Waals surface area contributed by atoms with Gasteiger partial charge >= 0.3 is 0 Å². The molecule has 2 aromatic rings. The molecule has 1 aromatic heterocycles. The Hall–Kier alpha value is -2.10. The highest BCUT2D eigenvalue weighted by Gasteiger charge is 2.11. The Labute approximate surface area is 120 Å². The van der Waals surface area contributed by atoms with Crippen LogP contribution >= 0.6 is 0 Å². The second kappa shape index (κ2) is 6.37. The predicted octanol–water partition coefficient (Wildman–Crippen LogP) is 2.20. The van der Waals surface area contributed by atoms with Gasteiger partial charge in [-0.2, -0.15) is 5.10 Å². The van der Waals surface area contributed by atoms with Crippen molar-refractivity contribution in [3.05, 3.63) is 53.3 Å². The standard InChI is InChI=1S/C16H21N3O/c1-13-5-6-14(2)15(11-13)12-16(20)18(3)9-10-19-8-4-7-17-19/h4-8,11H,9-10,12H2,1-3H3. The van der Waals surface area contributed by atoms with Crippen LogP contribution in [0.3, 0.4) is 0 Å². The zero-order valence-corrected chi connectivity index (χ0v) is 12.3. The van der Waals surface area contributed by atoms with Crippen molar-refractivity contribution < 1.29 is 4.79 Å². The van der Waals surface area contributed by atoms with Crippen molar-refractivity contribution in [2.45, 2.75) is 26.8 Å². The van der Waals surface area contributed by atoms with E-state index in [1.807, 2.05) is 30.9 Å². The molecule has 0 fully saturated rings. The number of hydrogen-bond donors (Lipinski definition) is 0. The molecule has 0 spiro atoms. The van der Waals surface area contributed by atoms with Crippen molar-refractivity contribution in [3.8, 4) is 0 Å². The molecule has 0 aliphatic heterocycles. The molecular formula is C16H21N3O. The number of nitrogens with zero attached hydrogens (tertiary/aromatic N) is 3. The molecule has 106 valence electrons. The Kier molecular flexibility index (Phi) is 4.56. The molecule has 0 saturated carbocycles. The van der Waals surface area contributed by atoms with Gasteiger partial charge in [-0.1, -0.05) is 23.8 Å². The average Bonchev–Trinajstić information content (AvgIpc) is 2.93. The first kappa shape index (κ1) is 14.3. The van der Waals surface area contributed by atoms with Gasteiger partial charge in [0, 0.05) is 26.0 Å². The zero-order chi connectivity index (χ0) is 14.5. The first-order valence-corrected chi connectivity index (χ1v) is 6.84. The number of amides is 1. The van der Waals surface area contributed by atoms with Gasteiger partial charge in [-0.3, -0.25) is 9.48 Å². The number of rotatable bonds is 5. The summed E-state index contributed by atoms with van der Waals surface area (Å²) >= 11 is 0. The zero-order valence-electron chi connectivity index (χ0n) is 12.3. The highest BCUT2D eigenvalue weighted by Crippen LogP contribution is 2.12. The minimum absolute atomic E-state index is 0.144. The summed E-state index contributed by atoms with van der Waals surface area (Å²) in [4.78, 5) is 14.0. The molecule has 1 aromatic carbocycles. The number of carbonyl (C=O) groups excluding carboxylic acids is 1. The summed E-state index contributed by atoms with van der Waals surface area (Å²) in [6.07, 6.45) is 4.12. The van der Waals surface area contributed by atoms with Gasteiger partial charge in [0.25, 0.3) is 0 Å². The summed E-state index contributed by atoms with van der Waals surface area (Å²) in [5.41, 5.74) is 3.47. The molecule has 4 nitrogen and oxygen atoms in total. The summed E-state index contributed by atoms with van der Waals surface area (Å²) in [5.74, 6) is 0.144. The Bertz CT molecular complexity index is 575. The second-order valence-corrected chi connectivity index (χ2v) is 5.19. The van der Waals surface area contributed by atoms with Crippen LogP contribution in [-0.4, -0.2) is 34.2 Å². The second-order valence-electron chi connectivity index (χ2n) is 5.19. The van der Waals surface area contributed by atoms with Crippen molar-refractivity contribution in [1.82, 2.24) is 14.7 Å². The van der Waals surface area contributed by atoms with E-state index >= 15 is 0 Å². The molecule has 0 bridgehead atoms. The molecule has 0 radical (unpaired) electrons. The van der Waals surface area contributed by atoms with Crippen LogP contribution in [0.25, 0.3) is 0 Å². The Morgan fingerprint density at radius 1 is 1.35 bits per heavy atom. The van der Waals surface area contributed by atoms with E-state index in [9.17, 15) is 4.79 Å². The van der Waals surface area contributed by atoms with E-state index in [2.05, 4.69) is 30.2 Å². The first-order chi connectivity index (χ1) is 9.56. The maximum absolute atomic E-state index is 12.2. The van der Waals surface area contributed by atoms with Gasteiger partial charge in [0.15, 0.2) is 0 Å². The predicted molar refractivity (Wildman–Crippen MR) is 79.5 cm³/mol. The number of aromatic nitrogens is 2. The Morgan fingerprint density at radius 2 is 2.15 bits per heavy atom. The van der Waals surface area contributed by atoms with Crippen LogP contribution in [0, 0.1) is 13.8 Å². The summed E-state index contributed by atoms with van der Waals surface area (Å²) in [7, 11) is 1.84. The van der Waals surface area contributed by atoms with Gasteiger partial charge < -0.3 is 4.90 Å². The number of likely N-dealkylation sites (N-methyl/N-ethyl adjacent to an activating group) is 1. The molecule has 20 heavy (non-hydrogen) atoms. The minimum atomic E-state index is 0.144. The summed E-state index contributed by atoms with van der Waals surface area (Å²) in [5, 5.41) is 4.14. The lowest BCUT2D eigenvalue weighted by Gasteiger charge is -2.18. The average molecular weight is 271 g/mol. The molecule has 0 saturated heterocycles. The Morgan fingerprint density at radius 3 is 2.85 bits per heavy atom. The number of benzene rings is 1. The van der Waals surface area contributed by atoms with E-state index in [-0.39, 0.29) is 5.91 Å². The molecule has 0 N–H and O–H groups in total. The first-order valence-electron chi connectivity index (χ1n) is 6.84. The van der Waals surface area contributed by atoms with Crippen LogP contribution in [0.2, 0.25) is 0 Å². The van der Waals surface area contributed by atoms with Gasteiger partial charge in [0.1, 0.15) is 0 Å². The largest absolute Gasteiger partial charge is 0.344 e. The summed E-state index contributed by atoms with van der Waals surface area (Å²) in [6, 6.07) is 8.12. The van der Waals surface area contributed by atoms with Crippen molar-refractivity contribution in [1.29, 1.82) is 0 Å². The Balaban J connectivity index is 1.92. The summed E-state index contributed by atoms with van der Waals surface area (Å²) < 4.78 is 1.84. The molecule has 0 unspecified atom stereocenters. The monoisotopic (exact) mass is 271 g/mol. The molecule has 2 rings (SSSR count). The van der Waals surface area contributed by atoms with Crippen molar-refractivity contribution >= 4 is 5.91 Å². The lowest BCUT2D eigenvalue weighted by Crippen LogP contribution is -2.31. The van der Waals surface area contributed by atoms with Crippen LogP contribution in [0.1, 0.15) is 16.7 Å². The molecule has 0 aliphatic carbocycles. The van der Waals surface area contributed by atoms with Gasteiger partial charge in [0.2, 0.25) is 5.91 Å². The highest BCUT2D eigenvalue weighted by atomic mass is 16.2. The van der Waals surface area contributed by atoms with E-state index in [1.54, 1.807) is 11.1 Å². The van der Waals surface area contributed by atoms with E-state index in [4.69, 9.17) is 0 Å². The van der Waals surface area contributed by atoms with Gasteiger partial charge in [-0.15, -0.1) is 0 Å². The normalized spacial score (nSPS) is 10.6. The minimum Gasteiger partial charge on any atom is -0.344 e. The summed E-state index contributed by atoms with van der Waals surface area (Å²) in [6.45, 7) is 5.49. The molecule has 1 amide bonds. The third-order valence-corrected chi connectivity index (χ3v) is 3.50. The van der Waals surface area contributed by atoms with Crippen LogP contribution < -0.4 is 0 Å². The van der Waals surface area contributed by atoms with Crippen LogP contribution in [0.5, 0.6) is 0 Å². The van der Waals surface area contributed by atoms with E-state index in [0.29, 0.717) is 13.0 Å². The smallest absolute Gasteiger partial charge is 0.226 e. The maximum atomic E-state index is 12.2. The van der Waals surface area contributed by atoms with Crippen LogP contribution in [-0.2, 0) is 17.8 Å². The fourth-order valence-electron chi connectivity index (χ4n) is 2.10. The highest BCUT2D eigenvalue weighted by molar-refractivity contribution is 5.78.